The standard InChI is InChI=1S/C25H22S2/c1-16-5-8-20-10-7-18(3)19(4)27-25-23-14-17(2)6-9-21(23)11-12-24(25)26-15-22(20)13-16/h5-14H,3-4,15H2,1-2H3/b10-7-. The van der Waals surface area contributed by atoms with Gasteiger partial charge in [-0.25, -0.2) is 0 Å². The topological polar surface area (TPSA) is 0 Å². The van der Waals surface area contributed by atoms with E-state index in [4.69, 9.17) is 0 Å². The molecule has 3 aromatic rings. The van der Waals surface area contributed by atoms with Crippen LogP contribution in [0.3, 0.4) is 0 Å². The fourth-order valence-electron chi connectivity index (χ4n) is 3.25. The Morgan fingerprint density at radius 3 is 2.44 bits per heavy atom. The van der Waals surface area contributed by atoms with Gasteiger partial charge in [-0.3, -0.25) is 0 Å². The molecule has 0 fully saturated rings. The number of aryl methyl sites for hydroxylation is 2. The van der Waals surface area contributed by atoms with Crippen LogP contribution in [0.5, 0.6) is 0 Å². The highest BCUT2D eigenvalue weighted by Gasteiger charge is 2.14. The molecule has 0 amide bonds. The molecule has 1 aliphatic heterocycles. The zero-order chi connectivity index (χ0) is 19.0. The van der Waals surface area contributed by atoms with Crippen molar-refractivity contribution >= 4 is 40.4 Å². The molecule has 0 saturated heterocycles. The van der Waals surface area contributed by atoms with Crippen molar-refractivity contribution in [3.63, 3.8) is 0 Å². The van der Waals surface area contributed by atoms with Crippen molar-refractivity contribution in [2.75, 3.05) is 0 Å². The van der Waals surface area contributed by atoms with Crippen molar-refractivity contribution in [2.24, 2.45) is 0 Å². The van der Waals surface area contributed by atoms with Crippen molar-refractivity contribution < 1.29 is 0 Å². The Bertz CT molecular complexity index is 1100. The average molecular weight is 387 g/mol. The summed E-state index contributed by atoms with van der Waals surface area (Å²) in [6.45, 7) is 12.9. The molecular formula is C25H22S2. The maximum atomic E-state index is 4.30. The molecule has 27 heavy (non-hydrogen) atoms. The lowest BCUT2D eigenvalue weighted by atomic mass is 10.0. The summed E-state index contributed by atoms with van der Waals surface area (Å²) in [6, 6.07) is 17.8. The Morgan fingerprint density at radius 2 is 1.59 bits per heavy atom. The van der Waals surface area contributed by atoms with E-state index in [-0.39, 0.29) is 0 Å². The van der Waals surface area contributed by atoms with E-state index < -0.39 is 0 Å². The van der Waals surface area contributed by atoms with Crippen molar-refractivity contribution in [2.45, 2.75) is 29.4 Å². The number of hydrogen-bond acceptors (Lipinski definition) is 2. The minimum Gasteiger partial charge on any atom is -0.120 e. The van der Waals surface area contributed by atoms with E-state index in [2.05, 4.69) is 87.7 Å². The van der Waals surface area contributed by atoms with Crippen LogP contribution in [-0.2, 0) is 5.75 Å². The average Bonchev–Trinajstić information content (AvgIpc) is 2.67. The van der Waals surface area contributed by atoms with Gasteiger partial charge in [0.2, 0.25) is 0 Å². The molecule has 0 N–H and O–H groups in total. The predicted octanol–water partition coefficient (Wildman–Crippen LogP) is 7.94. The van der Waals surface area contributed by atoms with Crippen molar-refractivity contribution in [1.82, 2.24) is 0 Å². The number of rotatable bonds is 0. The monoisotopic (exact) mass is 386 g/mol. The summed E-state index contributed by atoms with van der Waals surface area (Å²) in [4.78, 5) is 3.59. The third kappa shape index (κ3) is 3.78. The molecule has 0 atom stereocenters. The SMILES string of the molecule is C=C1/C=C\c2ccc(C)cc2CSc2ccc3ccc(C)cc3c2SC1=C. The first-order valence-electron chi connectivity index (χ1n) is 9.01. The molecule has 1 heterocycles. The molecule has 3 aromatic carbocycles. The first-order valence-corrected chi connectivity index (χ1v) is 10.8. The molecule has 4 rings (SSSR count). The summed E-state index contributed by atoms with van der Waals surface area (Å²) >= 11 is 3.64. The van der Waals surface area contributed by atoms with Gasteiger partial charge < -0.3 is 0 Å². The van der Waals surface area contributed by atoms with Gasteiger partial charge >= 0.3 is 0 Å². The molecule has 0 spiro atoms. The molecule has 0 aromatic heterocycles. The Morgan fingerprint density at radius 1 is 0.852 bits per heavy atom. The summed E-state index contributed by atoms with van der Waals surface area (Å²) in [7, 11) is 0. The molecule has 0 unspecified atom stereocenters. The van der Waals surface area contributed by atoms with Gasteiger partial charge in [-0.2, -0.15) is 0 Å². The molecule has 0 radical (unpaired) electrons. The van der Waals surface area contributed by atoms with E-state index in [1.54, 1.807) is 11.8 Å². The highest BCUT2D eigenvalue weighted by molar-refractivity contribution is 8.05. The van der Waals surface area contributed by atoms with E-state index >= 15 is 0 Å². The van der Waals surface area contributed by atoms with Crippen LogP contribution in [-0.4, -0.2) is 0 Å². The molecule has 0 nitrogen and oxygen atoms in total. The number of allylic oxidation sites excluding steroid dienone is 2. The zero-order valence-corrected chi connectivity index (χ0v) is 17.3. The summed E-state index contributed by atoms with van der Waals surface area (Å²) in [5.74, 6) is 0.950. The fraction of sp³-hybridized carbons (Fsp3) is 0.120. The van der Waals surface area contributed by atoms with Crippen LogP contribution in [0.15, 0.2) is 88.0 Å². The first kappa shape index (κ1) is 18.2. The molecule has 0 saturated carbocycles. The van der Waals surface area contributed by atoms with Crippen molar-refractivity contribution in [1.29, 1.82) is 0 Å². The van der Waals surface area contributed by atoms with E-state index in [0.29, 0.717) is 0 Å². The van der Waals surface area contributed by atoms with E-state index in [9.17, 15) is 0 Å². The van der Waals surface area contributed by atoms with Gasteiger partial charge in [-0.1, -0.05) is 90.7 Å². The van der Waals surface area contributed by atoms with Crippen molar-refractivity contribution in [3.05, 3.63) is 100 Å². The first-order chi connectivity index (χ1) is 13.0. The lowest BCUT2D eigenvalue weighted by Crippen LogP contribution is -1.89. The predicted molar refractivity (Wildman–Crippen MR) is 123 cm³/mol. The normalized spacial score (nSPS) is 15.8. The van der Waals surface area contributed by atoms with Crippen LogP contribution in [0.4, 0.5) is 0 Å². The summed E-state index contributed by atoms with van der Waals surface area (Å²) in [5.41, 5.74) is 6.16. The second kappa shape index (κ2) is 7.46. The van der Waals surface area contributed by atoms with Crippen LogP contribution >= 0.6 is 23.5 Å². The third-order valence-corrected chi connectivity index (χ3v) is 7.21. The molecule has 0 bridgehead atoms. The molecule has 2 heteroatoms. The Hall–Kier alpha value is -2.16. The second-order valence-corrected chi connectivity index (χ2v) is 9.11. The number of thioether (sulfide) groups is 2. The summed E-state index contributed by atoms with van der Waals surface area (Å²) in [5, 5.41) is 2.57. The number of hydrogen-bond donors (Lipinski definition) is 0. The van der Waals surface area contributed by atoms with Crippen LogP contribution in [0.25, 0.3) is 16.8 Å². The van der Waals surface area contributed by atoms with Crippen molar-refractivity contribution in [3.8, 4) is 0 Å². The Balaban J connectivity index is 1.89. The minimum atomic E-state index is 0.950. The summed E-state index contributed by atoms with van der Waals surface area (Å²) in [6.07, 6.45) is 4.26. The fourth-order valence-corrected chi connectivity index (χ4v) is 5.42. The number of fused-ring (bicyclic) bond motifs is 4. The van der Waals surface area contributed by atoms with E-state index in [1.807, 2.05) is 11.8 Å². The largest absolute Gasteiger partial charge is 0.120 e. The second-order valence-electron chi connectivity index (χ2n) is 6.99. The maximum absolute atomic E-state index is 4.30. The van der Waals surface area contributed by atoms with Gasteiger partial charge in [-0.15, -0.1) is 11.8 Å². The van der Waals surface area contributed by atoms with E-state index in [1.165, 1.54) is 42.8 Å². The van der Waals surface area contributed by atoms with Gasteiger partial charge in [0, 0.05) is 20.4 Å². The van der Waals surface area contributed by atoms with Gasteiger partial charge in [0.1, 0.15) is 0 Å². The molecule has 0 aliphatic carbocycles. The maximum Gasteiger partial charge on any atom is 0.0337 e. The zero-order valence-electron chi connectivity index (χ0n) is 15.7. The minimum absolute atomic E-state index is 0.950. The third-order valence-electron chi connectivity index (χ3n) is 4.82. The van der Waals surface area contributed by atoms with Gasteiger partial charge in [0.15, 0.2) is 0 Å². The van der Waals surface area contributed by atoms with E-state index in [0.717, 1.165) is 16.2 Å². The van der Waals surface area contributed by atoms with Crippen LogP contribution in [0.1, 0.15) is 22.3 Å². The van der Waals surface area contributed by atoms with Gasteiger partial charge in [0.05, 0.1) is 0 Å². The Labute approximate surface area is 170 Å². The smallest absolute Gasteiger partial charge is 0.0337 e. The van der Waals surface area contributed by atoms with Crippen LogP contribution < -0.4 is 0 Å². The Kier molecular flexibility index (Phi) is 5.03. The van der Waals surface area contributed by atoms with Crippen LogP contribution in [0, 0.1) is 13.8 Å². The molecule has 1 aliphatic rings. The quantitative estimate of drug-likeness (QED) is 0.384. The van der Waals surface area contributed by atoms with Gasteiger partial charge in [-0.05, 0) is 47.4 Å². The highest BCUT2D eigenvalue weighted by atomic mass is 32.2. The summed E-state index contributed by atoms with van der Waals surface area (Å²) < 4.78 is 0. The lowest BCUT2D eigenvalue weighted by molar-refractivity contribution is 1.27. The molecule has 134 valence electrons. The van der Waals surface area contributed by atoms with Crippen LogP contribution in [0.2, 0.25) is 0 Å². The highest BCUT2D eigenvalue weighted by Crippen LogP contribution is 2.43. The van der Waals surface area contributed by atoms with Gasteiger partial charge in [0.25, 0.3) is 0 Å². The number of benzene rings is 3. The molecular weight excluding hydrogens is 364 g/mol. The lowest BCUT2D eigenvalue weighted by Gasteiger charge is -2.14.